The zero-order valence-electron chi connectivity index (χ0n) is 12.4. The number of carbonyl (C=O) groups is 1. The van der Waals surface area contributed by atoms with E-state index in [1.165, 1.54) is 32.4 Å². The number of carbonyl (C=O) groups excluding carboxylic acids is 1. The minimum absolute atomic E-state index is 0.0471. The molecule has 0 saturated heterocycles. The molecule has 0 unspecified atom stereocenters. The first-order chi connectivity index (χ1) is 9.86. The van der Waals surface area contributed by atoms with Crippen LogP contribution in [0.25, 0.3) is 0 Å². The molecular formula is C13H21N3O4S. The molecule has 3 N–H and O–H groups in total. The molecule has 0 aromatic heterocycles. The Hall–Kier alpha value is -1.80. The van der Waals surface area contributed by atoms with Crippen molar-refractivity contribution < 1.29 is 17.9 Å². The number of nitrogens with one attached hydrogen (secondary N) is 1. The van der Waals surface area contributed by atoms with Gasteiger partial charge >= 0.3 is 0 Å². The number of nitrogens with zero attached hydrogens (tertiary/aromatic N) is 1. The number of benzene rings is 1. The van der Waals surface area contributed by atoms with Crippen LogP contribution in [0.4, 0.5) is 5.69 Å². The van der Waals surface area contributed by atoms with Gasteiger partial charge in [-0.25, -0.2) is 8.42 Å². The Balaban J connectivity index is 3.18. The lowest BCUT2D eigenvalue weighted by Gasteiger charge is -2.21. The Labute approximate surface area is 125 Å². The fourth-order valence-electron chi connectivity index (χ4n) is 1.77. The summed E-state index contributed by atoms with van der Waals surface area (Å²) in [5.74, 6) is -0.0816. The number of hydrogen-bond donors (Lipinski definition) is 2. The minimum atomic E-state index is -3.78. The van der Waals surface area contributed by atoms with E-state index in [1.807, 2.05) is 6.92 Å². The number of nitrogens with two attached hydrogens (primary N) is 1. The largest absolute Gasteiger partial charge is 0.495 e. The first-order valence-electron chi connectivity index (χ1n) is 6.51. The molecule has 0 bridgehead atoms. The van der Waals surface area contributed by atoms with Crippen molar-refractivity contribution in [1.29, 1.82) is 0 Å². The predicted octanol–water partition coefficient (Wildman–Crippen LogP) is 0.424. The van der Waals surface area contributed by atoms with Gasteiger partial charge in [-0.2, -0.15) is 4.31 Å². The predicted molar refractivity (Wildman–Crippen MR) is 80.5 cm³/mol. The Bertz CT molecular complexity index is 601. The molecule has 0 radical (unpaired) electrons. The number of hydrogen-bond acceptors (Lipinski definition) is 5. The van der Waals surface area contributed by atoms with Crippen LogP contribution < -0.4 is 15.8 Å². The molecule has 0 aliphatic rings. The molecule has 0 spiro atoms. The third-order valence-electron chi connectivity index (χ3n) is 2.91. The van der Waals surface area contributed by atoms with Gasteiger partial charge in [0.05, 0.1) is 24.2 Å². The summed E-state index contributed by atoms with van der Waals surface area (Å²) < 4.78 is 31.4. The molecule has 0 heterocycles. The summed E-state index contributed by atoms with van der Waals surface area (Å²) in [6.45, 7) is 1.87. The smallest absolute Gasteiger partial charge is 0.243 e. The van der Waals surface area contributed by atoms with Crippen molar-refractivity contribution in [3.63, 3.8) is 0 Å². The van der Waals surface area contributed by atoms with Crippen molar-refractivity contribution in [2.24, 2.45) is 0 Å². The lowest BCUT2D eigenvalue weighted by atomic mass is 10.3. The van der Waals surface area contributed by atoms with Gasteiger partial charge in [0.1, 0.15) is 5.75 Å². The number of anilines is 1. The van der Waals surface area contributed by atoms with Crippen LogP contribution in [0, 0.1) is 0 Å². The van der Waals surface area contributed by atoms with Gasteiger partial charge in [-0.05, 0) is 18.6 Å². The number of rotatable bonds is 7. The second-order valence-electron chi connectivity index (χ2n) is 4.42. The van der Waals surface area contributed by atoms with Crippen LogP contribution in [0.1, 0.15) is 13.3 Å². The lowest BCUT2D eigenvalue weighted by molar-refractivity contribution is -0.120. The maximum Gasteiger partial charge on any atom is 0.243 e. The van der Waals surface area contributed by atoms with E-state index < -0.39 is 10.0 Å². The van der Waals surface area contributed by atoms with Crippen molar-refractivity contribution in [2.75, 3.05) is 33.0 Å². The molecule has 118 valence electrons. The molecule has 7 nitrogen and oxygen atoms in total. The second kappa shape index (κ2) is 7.28. The number of nitrogen functional groups attached to an aromatic ring is 1. The van der Waals surface area contributed by atoms with Crippen LogP contribution in [0.5, 0.6) is 5.75 Å². The molecule has 0 aliphatic carbocycles. The van der Waals surface area contributed by atoms with Crippen molar-refractivity contribution in [2.45, 2.75) is 18.2 Å². The molecule has 1 aromatic carbocycles. The van der Waals surface area contributed by atoms with Crippen LogP contribution >= 0.6 is 0 Å². The van der Waals surface area contributed by atoms with Crippen LogP contribution in [0.15, 0.2) is 23.1 Å². The number of amides is 1. The van der Waals surface area contributed by atoms with Gasteiger partial charge in [-0.1, -0.05) is 6.92 Å². The van der Waals surface area contributed by atoms with Gasteiger partial charge in [0, 0.05) is 19.7 Å². The summed E-state index contributed by atoms with van der Waals surface area (Å²) in [5.41, 5.74) is 6.03. The molecule has 0 saturated carbocycles. The molecule has 8 heteroatoms. The third kappa shape index (κ3) is 4.08. The van der Waals surface area contributed by atoms with Crippen LogP contribution in [-0.2, 0) is 14.8 Å². The van der Waals surface area contributed by atoms with Crippen LogP contribution in [0.2, 0.25) is 0 Å². The normalized spacial score (nSPS) is 11.4. The highest BCUT2D eigenvalue weighted by Gasteiger charge is 2.26. The van der Waals surface area contributed by atoms with Gasteiger partial charge in [-0.15, -0.1) is 0 Å². The quantitative estimate of drug-likeness (QED) is 0.710. The topological polar surface area (TPSA) is 102 Å². The van der Waals surface area contributed by atoms with Crippen molar-refractivity contribution in [3.05, 3.63) is 18.2 Å². The Morgan fingerprint density at radius 2 is 2.10 bits per heavy atom. The summed E-state index contributed by atoms with van der Waals surface area (Å²) in [5, 5.41) is 2.42. The van der Waals surface area contributed by atoms with Crippen molar-refractivity contribution >= 4 is 21.6 Å². The highest BCUT2D eigenvalue weighted by molar-refractivity contribution is 7.89. The number of sulfonamides is 1. The van der Waals surface area contributed by atoms with Gasteiger partial charge in [-0.3, -0.25) is 4.79 Å². The molecule has 0 atom stereocenters. The maximum absolute atomic E-state index is 12.6. The summed E-state index contributed by atoms with van der Waals surface area (Å²) in [7, 11) is -0.904. The third-order valence-corrected chi connectivity index (χ3v) is 4.76. The molecule has 1 rings (SSSR count). The molecule has 1 amide bonds. The maximum atomic E-state index is 12.6. The van der Waals surface area contributed by atoms with Gasteiger partial charge in [0.15, 0.2) is 0 Å². The summed E-state index contributed by atoms with van der Waals surface area (Å²) in [4.78, 5) is 11.5. The SMILES string of the molecule is CCCN(CC(=O)NC)S(=O)(=O)c1ccc(N)c(OC)c1. The standard InChI is InChI=1S/C13H21N3O4S/c1-4-7-16(9-13(17)15-2)21(18,19)10-5-6-11(14)12(8-10)20-3/h5-6,8H,4,7,9,14H2,1-3H3,(H,15,17). The molecule has 0 aliphatic heterocycles. The van der Waals surface area contributed by atoms with E-state index in [9.17, 15) is 13.2 Å². The molecule has 21 heavy (non-hydrogen) atoms. The number of ether oxygens (including phenoxy) is 1. The molecule has 1 aromatic rings. The van der Waals surface area contributed by atoms with E-state index in [1.54, 1.807) is 0 Å². The van der Waals surface area contributed by atoms with Gasteiger partial charge < -0.3 is 15.8 Å². The van der Waals surface area contributed by atoms with Crippen molar-refractivity contribution in [3.8, 4) is 5.75 Å². The average molecular weight is 315 g/mol. The Morgan fingerprint density at radius 1 is 1.43 bits per heavy atom. The fraction of sp³-hybridized carbons (Fsp3) is 0.462. The van der Waals surface area contributed by atoms with Crippen LogP contribution in [0.3, 0.4) is 0 Å². The molecule has 0 fully saturated rings. The van der Waals surface area contributed by atoms with E-state index in [4.69, 9.17) is 10.5 Å². The van der Waals surface area contributed by atoms with E-state index in [-0.39, 0.29) is 29.6 Å². The number of methoxy groups -OCH3 is 1. The zero-order chi connectivity index (χ0) is 16.0. The van der Waals surface area contributed by atoms with E-state index >= 15 is 0 Å². The average Bonchev–Trinajstić information content (AvgIpc) is 2.46. The van der Waals surface area contributed by atoms with Gasteiger partial charge in [0.2, 0.25) is 15.9 Å². The second-order valence-corrected chi connectivity index (χ2v) is 6.35. The summed E-state index contributed by atoms with van der Waals surface area (Å²) in [6, 6.07) is 4.23. The first kappa shape index (κ1) is 17.3. The highest BCUT2D eigenvalue weighted by atomic mass is 32.2. The van der Waals surface area contributed by atoms with Crippen molar-refractivity contribution in [1.82, 2.24) is 9.62 Å². The summed E-state index contributed by atoms with van der Waals surface area (Å²) >= 11 is 0. The monoisotopic (exact) mass is 315 g/mol. The summed E-state index contributed by atoms with van der Waals surface area (Å²) in [6.07, 6.45) is 0.600. The Kier molecular flexibility index (Phi) is 5.98. The number of likely N-dealkylation sites (N-methyl/N-ethyl adjacent to an activating group) is 1. The first-order valence-corrected chi connectivity index (χ1v) is 7.95. The Morgan fingerprint density at radius 3 is 2.62 bits per heavy atom. The van der Waals surface area contributed by atoms with E-state index in [0.29, 0.717) is 12.1 Å². The minimum Gasteiger partial charge on any atom is -0.495 e. The zero-order valence-corrected chi connectivity index (χ0v) is 13.2. The van der Waals surface area contributed by atoms with Crippen LogP contribution in [-0.4, -0.2) is 45.9 Å². The fourth-order valence-corrected chi connectivity index (χ4v) is 3.28. The highest BCUT2D eigenvalue weighted by Crippen LogP contribution is 2.26. The van der Waals surface area contributed by atoms with Gasteiger partial charge in [0.25, 0.3) is 0 Å². The lowest BCUT2D eigenvalue weighted by Crippen LogP contribution is -2.40. The molecular weight excluding hydrogens is 294 g/mol. The van der Waals surface area contributed by atoms with E-state index in [0.717, 1.165) is 4.31 Å². The van der Waals surface area contributed by atoms with E-state index in [2.05, 4.69) is 5.32 Å².